The molecule has 0 fully saturated rings. The highest BCUT2D eigenvalue weighted by atomic mass is 32.1. The second-order valence-electron chi connectivity index (χ2n) is 4.59. The smallest absolute Gasteiger partial charge is 0.261 e. The fourth-order valence-corrected chi connectivity index (χ4v) is 3.43. The number of nitrogens with one attached hydrogen (secondary N) is 1. The van der Waals surface area contributed by atoms with Crippen molar-refractivity contribution < 1.29 is 9.18 Å². The van der Waals surface area contributed by atoms with Gasteiger partial charge in [0.15, 0.2) is 0 Å². The number of rotatable bonds is 5. The minimum absolute atomic E-state index is 0.0686. The van der Waals surface area contributed by atoms with Gasteiger partial charge in [0, 0.05) is 23.9 Å². The van der Waals surface area contributed by atoms with Crippen LogP contribution in [0.1, 0.15) is 14.7 Å². The molecule has 0 saturated carbocycles. The third-order valence-corrected chi connectivity index (χ3v) is 4.85. The van der Waals surface area contributed by atoms with Crippen LogP contribution in [-0.2, 0) is 6.42 Å². The lowest BCUT2D eigenvalue weighted by atomic mass is 10.1. The molecule has 0 aliphatic heterocycles. The minimum Gasteiger partial charge on any atom is -0.351 e. The number of halogens is 1. The van der Waals surface area contributed by atoms with Crippen molar-refractivity contribution in [2.45, 2.75) is 6.42 Å². The molecule has 6 heteroatoms. The monoisotopic (exact) mass is 332 g/mol. The van der Waals surface area contributed by atoms with E-state index in [1.54, 1.807) is 24.3 Å². The lowest BCUT2D eigenvalue weighted by Gasteiger charge is -2.01. The molecule has 0 bridgehead atoms. The zero-order chi connectivity index (χ0) is 15.4. The molecular formula is C16H13FN2OS2. The van der Waals surface area contributed by atoms with E-state index in [1.165, 1.54) is 28.7 Å². The van der Waals surface area contributed by atoms with Crippen LogP contribution in [0.25, 0.3) is 11.3 Å². The number of carbonyl (C=O) groups is 1. The van der Waals surface area contributed by atoms with Crippen LogP contribution in [0.5, 0.6) is 0 Å². The summed E-state index contributed by atoms with van der Waals surface area (Å²) < 4.78 is 13.7. The third kappa shape index (κ3) is 3.40. The van der Waals surface area contributed by atoms with E-state index in [1.807, 2.05) is 16.8 Å². The predicted molar refractivity (Wildman–Crippen MR) is 87.9 cm³/mol. The molecule has 2 aromatic heterocycles. The summed E-state index contributed by atoms with van der Waals surface area (Å²) >= 11 is 2.89. The summed E-state index contributed by atoms with van der Waals surface area (Å²) in [7, 11) is 0. The van der Waals surface area contributed by atoms with Crippen LogP contribution >= 0.6 is 22.7 Å². The van der Waals surface area contributed by atoms with Gasteiger partial charge in [-0.1, -0.05) is 18.2 Å². The maximum absolute atomic E-state index is 13.7. The fraction of sp³-hybridized carbons (Fsp3) is 0.125. The number of nitrogens with zero attached hydrogens (tertiary/aromatic N) is 1. The molecule has 0 atom stereocenters. The van der Waals surface area contributed by atoms with Crippen molar-refractivity contribution in [2.75, 3.05) is 6.54 Å². The molecule has 0 saturated heterocycles. The van der Waals surface area contributed by atoms with Crippen LogP contribution in [0, 0.1) is 5.82 Å². The Morgan fingerprint density at radius 2 is 2.05 bits per heavy atom. The van der Waals surface area contributed by atoms with Gasteiger partial charge in [-0.25, -0.2) is 9.37 Å². The zero-order valence-electron chi connectivity index (χ0n) is 11.6. The summed E-state index contributed by atoms with van der Waals surface area (Å²) in [6.07, 6.45) is 0.635. The van der Waals surface area contributed by atoms with E-state index in [-0.39, 0.29) is 11.7 Å². The van der Waals surface area contributed by atoms with Gasteiger partial charge in [0.1, 0.15) is 5.82 Å². The molecule has 1 amide bonds. The second-order valence-corrected chi connectivity index (χ2v) is 6.48. The highest BCUT2D eigenvalue weighted by Gasteiger charge is 2.10. The average molecular weight is 332 g/mol. The number of amides is 1. The van der Waals surface area contributed by atoms with E-state index in [0.717, 1.165) is 5.01 Å². The summed E-state index contributed by atoms with van der Waals surface area (Å²) in [5.74, 6) is -0.341. The van der Waals surface area contributed by atoms with Gasteiger partial charge in [0.2, 0.25) is 0 Å². The van der Waals surface area contributed by atoms with E-state index in [0.29, 0.717) is 29.1 Å². The first kappa shape index (κ1) is 14.9. The number of thiophene rings is 1. The summed E-state index contributed by atoms with van der Waals surface area (Å²) in [4.78, 5) is 16.9. The van der Waals surface area contributed by atoms with Crippen LogP contribution < -0.4 is 5.32 Å². The molecule has 3 aromatic rings. The lowest BCUT2D eigenvalue weighted by Crippen LogP contribution is -2.24. The first-order valence-corrected chi connectivity index (χ1v) is 8.51. The minimum atomic E-state index is -0.273. The number of thiazole rings is 1. The molecular weight excluding hydrogens is 319 g/mol. The van der Waals surface area contributed by atoms with Crippen molar-refractivity contribution in [3.8, 4) is 11.3 Å². The van der Waals surface area contributed by atoms with Gasteiger partial charge >= 0.3 is 0 Å². The Balaban J connectivity index is 1.58. The highest BCUT2D eigenvalue weighted by molar-refractivity contribution is 7.12. The number of benzene rings is 1. The normalized spacial score (nSPS) is 10.6. The van der Waals surface area contributed by atoms with Crippen molar-refractivity contribution in [2.24, 2.45) is 0 Å². The Morgan fingerprint density at radius 3 is 2.82 bits per heavy atom. The molecule has 0 unspecified atom stereocenters. The Hall–Kier alpha value is -2.05. The van der Waals surface area contributed by atoms with E-state index >= 15 is 0 Å². The van der Waals surface area contributed by atoms with E-state index in [2.05, 4.69) is 10.3 Å². The number of aromatic nitrogens is 1. The van der Waals surface area contributed by atoms with Crippen molar-refractivity contribution in [3.05, 3.63) is 62.9 Å². The van der Waals surface area contributed by atoms with Gasteiger partial charge in [0.25, 0.3) is 5.91 Å². The van der Waals surface area contributed by atoms with Gasteiger partial charge in [-0.2, -0.15) is 0 Å². The van der Waals surface area contributed by atoms with Gasteiger partial charge in [-0.3, -0.25) is 4.79 Å². The molecule has 0 radical (unpaired) electrons. The van der Waals surface area contributed by atoms with Gasteiger partial charge in [-0.15, -0.1) is 22.7 Å². The Bertz CT molecular complexity index is 768. The van der Waals surface area contributed by atoms with Crippen LogP contribution in [0.2, 0.25) is 0 Å². The van der Waals surface area contributed by atoms with Crippen LogP contribution in [-0.4, -0.2) is 17.4 Å². The molecule has 0 aliphatic rings. The molecule has 0 aliphatic carbocycles. The maximum Gasteiger partial charge on any atom is 0.261 e. The first-order valence-electron chi connectivity index (χ1n) is 6.75. The SMILES string of the molecule is O=C(NCCc1nc(-c2ccccc2F)cs1)c1cccs1. The van der Waals surface area contributed by atoms with E-state index < -0.39 is 0 Å². The number of hydrogen-bond donors (Lipinski definition) is 1. The Morgan fingerprint density at radius 1 is 1.18 bits per heavy atom. The van der Waals surface area contributed by atoms with Crippen LogP contribution in [0.4, 0.5) is 4.39 Å². The third-order valence-electron chi connectivity index (χ3n) is 3.07. The van der Waals surface area contributed by atoms with Gasteiger partial charge in [-0.05, 0) is 23.6 Å². The Labute approximate surface area is 135 Å². The quantitative estimate of drug-likeness (QED) is 0.768. The van der Waals surface area contributed by atoms with Crippen molar-refractivity contribution in [1.29, 1.82) is 0 Å². The second kappa shape index (κ2) is 6.81. The molecule has 22 heavy (non-hydrogen) atoms. The van der Waals surface area contributed by atoms with E-state index in [9.17, 15) is 9.18 Å². The van der Waals surface area contributed by atoms with Gasteiger partial charge in [0.05, 0.1) is 15.6 Å². The first-order chi connectivity index (χ1) is 10.7. The molecule has 1 N–H and O–H groups in total. The van der Waals surface area contributed by atoms with Crippen molar-refractivity contribution in [3.63, 3.8) is 0 Å². The summed E-state index contributed by atoms with van der Waals surface area (Å²) in [6, 6.07) is 10.2. The highest BCUT2D eigenvalue weighted by Crippen LogP contribution is 2.24. The molecule has 3 nitrogen and oxygen atoms in total. The molecule has 112 valence electrons. The maximum atomic E-state index is 13.7. The zero-order valence-corrected chi connectivity index (χ0v) is 13.2. The Kier molecular flexibility index (Phi) is 4.60. The number of hydrogen-bond acceptors (Lipinski definition) is 4. The van der Waals surface area contributed by atoms with Crippen molar-refractivity contribution >= 4 is 28.6 Å². The van der Waals surface area contributed by atoms with Crippen LogP contribution in [0.15, 0.2) is 47.2 Å². The molecule has 0 spiro atoms. The van der Waals surface area contributed by atoms with E-state index in [4.69, 9.17) is 0 Å². The van der Waals surface area contributed by atoms with Gasteiger partial charge < -0.3 is 5.32 Å². The predicted octanol–water partition coefficient (Wildman–Crippen LogP) is 3.98. The molecule has 1 aromatic carbocycles. The summed E-state index contributed by atoms with van der Waals surface area (Å²) in [5, 5.41) is 7.45. The molecule has 3 rings (SSSR count). The average Bonchev–Trinajstić information content (AvgIpc) is 3.19. The van der Waals surface area contributed by atoms with Crippen molar-refractivity contribution in [1.82, 2.24) is 10.3 Å². The topological polar surface area (TPSA) is 42.0 Å². The number of carbonyl (C=O) groups excluding carboxylic acids is 1. The summed E-state index contributed by atoms with van der Waals surface area (Å²) in [6.45, 7) is 0.515. The largest absolute Gasteiger partial charge is 0.351 e. The standard InChI is InChI=1S/C16H13FN2OS2/c17-12-5-2-1-4-11(12)13-10-22-15(19-13)7-8-18-16(20)14-6-3-9-21-14/h1-6,9-10H,7-8H2,(H,18,20). The lowest BCUT2D eigenvalue weighted by molar-refractivity contribution is 0.0958. The summed E-state index contributed by atoms with van der Waals surface area (Å²) in [5.41, 5.74) is 1.15. The fourth-order valence-electron chi connectivity index (χ4n) is 2.00. The molecule has 2 heterocycles. The van der Waals surface area contributed by atoms with Crippen LogP contribution in [0.3, 0.4) is 0 Å².